The number of methoxy groups -OCH3 is 1. The topological polar surface area (TPSA) is 58.6 Å². The number of rotatable bonds is 10. The standard InChI is InChI=1S/C27H29FN2O3/c1-3-25(31)30(19-21-9-13-23(28)14-10-21)26(22-7-5-4-6-8-22)27(32)29-18-17-20-11-15-24(33-2)16-12-20/h4-16,26H,3,17-19H2,1-2H3,(H,29,32). The highest BCUT2D eigenvalue weighted by molar-refractivity contribution is 5.88. The number of ether oxygens (including phenoxy) is 1. The normalized spacial score (nSPS) is 11.5. The van der Waals surface area contributed by atoms with E-state index in [-0.39, 0.29) is 30.6 Å². The largest absolute Gasteiger partial charge is 0.497 e. The molecule has 0 bridgehead atoms. The van der Waals surface area contributed by atoms with Gasteiger partial charge in [-0.1, -0.05) is 61.5 Å². The lowest BCUT2D eigenvalue weighted by atomic mass is 10.0. The van der Waals surface area contributed by atoms with Gasteiger partial charge in [-0.2, -0.15) is 0 Å². The molecule has 172 valence electrons. The Labute approximate surface area is 194 Å². The van der Waals surface area contributed by atoms with Crippen molar-refractivity contribution >= 4 is 11.8 Å². The number of nitrogens with one attached hydrogen (secondary N) is 1. The van der Waals surface area contributed by atoms with Crippen LogP contribution in [0, 0.1) is 5.82 Å². The van der Waals surface area contributed by atoms with Gasteiger partial charge in [0.05, 0.1) is 7.11 Å². The minimum absolute atomic E-state index is 0.154. The molecule has 0 radical (unpaired) electrons. The average Bonchev–Trinajstić information content (AvgIpc) is 2.85. The summed E-state index contributed by atoms with van der Waals surface area (Å²) in [6, 6.07) is 22.1. The molecule has 0 aliphatic rings. The third-order valence-corrected chi connectivity index (χ3v) is 5.44. The number of benzene rings is 3. The van der Waals surface area contributed by atoms with Crippen LogP contribution in [0.2, 0.25) is 0 Å². The van der Waals surface area contributed by atoms with Gasteiger partial charge < -0.3 is 15.0 Å². The van der Waals surface area contributed by atoms with Gasteiger partial charge in [-0.25, -0.2) is 4.39 Å². The maximum Gasteiger partial charge on any atom is 0.247 e. The van der Waals surface area contributed by atoms with Crippen LogP contribution >= 0.6 is 0 Å². The van der Waals surface area contributed by atoms with Crippen molar-refractivity contribution in [3.05, 3.63) is 101 Å². The van der Waals surface area contributed by atoms with Crippen LogP contribution in [0.25, 0.3) is 0 Å². The molecular weight excluding hydrogens is 419 g/mol. The molecule has 0 saturated carbocycles. The van der Waals surface area contributed by atoms with Crippen LogP contribution in [0.15, 0.2) is 78.9 Å². The summed E-state index contributed by atoms with van der Waals surface area (Å²) in [6.45, 7) is 2.40. The summed E-state index contributed by atoms with van der Waals surface area (Å²) in [5.41, 5.74) is 2.55. The zero-order chi connectivity index (χ0) is 23.6. The second-order valence-corrected chi connectivity index (χ2v) is 7.70. The van der Waals surface area contributed by atoms with Gasteiger partial charge in [0.15, 0.2) is 0 Å². The Morgan fingerprint density at radius 2 is 1.58 bits per heavy atom. The molecule has 1 unspecified atom stereocenters. The average molecular weight is 449 g/mol. The van der Waals surface area contributed by atoms with Gasteiger partial charge in [0.2, 0.25) is 11.8 Å². The van der Waals surface area contributed by atoms with Gasteiger partial charge in [-0.05, 0) is 47.4 Å². The lowest BCUT2D eigenvalue weighted by Gasteiger charge is -2.31. The molecule has 3 aromatic rings. The first-order valence-electron chi connectivity index (χ1n) is 11.0. The number of hydrogen-bond donors (Lipinski definition) is 1. The number of amides is 2. The predicted octanol–water partition coefficient (Wildman–Crippen LogP) is 4.67. The molecule has 0 fully saturated rings. The van der Waals surface area contributed by atoms with Crippen LogP contribution in [0.5, 0.6) is 5.75 Å². The zero-order valence-corrected chi connectivity index (χ0v) is 19.0. The van der Waals surface area contributed by atoms with Crippen LogP contribution in [0.4, 0.5) is 4.39 Å². The minimum Gasteiger partial charge on any atom is -0.497 e. The Balaban J connectivity index is 1.79. The number of hydrogen-bond acceptors (Lipinski definition) is 3. The highest BCUT2D eigenvalue weighted by Gasteiger charge is 2.30. The third-order valence-electron chi connectivity index (χ3n) is 5.44. The molecule has 1 atom stereocenters. The molecular formula is C27H29FN2O3. The van der Waals surface area contributed by atoms with Crippen molar-refractivity contribution in [1.82, 2.24) is 10.2 Å². The molecule has 3 rings (SSSR count). The van der Waals surface area contributed by atoms with Gasteiger partial charge in [-0.15, -0.1) is 0 Å². The van der Waals surface area contributed by atoms with E-state index in [1.807, 2.05) is 54.6 Å². The fourth-order valence-electron chi connectivity index (χ4n) is 3.64. The van der Waals surface area contributed by atoms with E-state index in [1.54, 1.807) is 31.1 Å². The maximum absolute atomic E-state index is 13.4. The second kappa shape index (κ2) is 11.8. The fraction of sp³-hybridized carbons (Fsp3) is 0.259. The van der Waals surface area contributed by atoms with E-state index in [0.717, 1.165) is 22.4 Å². The maximum atomic E-state index is 13.4. The molecule has 0 saturated heterocycles. The fourth-order valence-corrected chi connectivity index (χ4v) is 3.64. The minimum atomic E-state index is -0.792. The summed E-state index contributed by atoms with van der Waals surface area (Å²) in [7, 11) is 1.62. The van der Waals surface area contributed by atoms with E-state index in [4.69, 9.17) is 4.74 Å². The highest BCUT2D eigenvalue weighted by atomic mass is 19.1. The predicted molar refractivity (Wildman–Crippen MR) is 126 cm³/mol. The summed E-state index contributed by atoms with van der Waals surface area (Å²) in [5.74, 6) is 0.0292. The van der Waals surface area contributed by atoms with Crippen molar-refractivity contribution in [2.75, 3.05) is 13.7 Å². The smallest absolute Gasteiger partial charge is 0.247 e. The lowest BCUT2D eigenvalue weighted by Crippen LogP contribution is -2.43. The molecule has 33 heavy (non-hydrogen) atoms. The lowest BCUT2D eigenvalue weighted by molar-refractivity contribution is -0.141. The van der Waals surface area contributed by atoms with E-state index in [2.05, 4.69) is 5.32 Å². The summed E-state index contributed by atoms with van der Waals surface area (Å²) in [4.78, 5) is 27.8. The van der Waals surface area contributed by atoms with Crippen LogP contribution in [-0.2, 0) is 22.6 Å². The number of carbonyl (C=O) groups is 2. The Hall–Kier alpha value is -3.67. The van der Waals surface area contributed by atoms with E-state index in [1.165, 1.54) is 12.1 Å². The van der Waals surface area contributed by atoms with Crippen molar-refractivity contribution in [1.29, 1.82) is 0 Å². The first kappa shape index (κ1) is 24.0. The van der Waals surface area contributed by atoms with Crippen LogP contribution in [0.1, 0.15) is 36.1 Å². The summed E-state index contributed by atoms with van der Waals surface area (Å²) in [5, 5.41) is 2.99. The molecule has 0 aliphatic carbocycles. The van der Waals surface area contributed by atoms with Crippen molar-refractivity contribution in [3.8, 4) is 5.75 Å². The van der Waals surface area contributed by atoms with E-state index < -0.39 is 6.04 Å². The molecule has 0 spiro atoms. The van der Waals surface area contributed by atoms with Crippen LogP contribution < -0.4 is 10.1 Å². The molecule has 1 N–H and O–H groups in total. The number of halogens is 1. The van der Waals surface area contributed by atoms with E-state index in [9.17, 15) is 14.0 Å². The molecule has 3 aromatic carbocycles. The van der Waals surface area contributed by atoms with Gasteiger partial charge in [0.25, 0.3) is 0 Å². The zero-order valence-electron chi connectivity index (χ0n) is 19.0. The Morgan fingerprint density at radius 1 is 0.939 bits per heavy atom. The Kier molecular flexibility index (Phi) is 8.58. The van der Waals surface area contributed by atoms with Gasteiger partial charge in [-0.3, -0.25) is 9.59 Å². The van der Waals surface area contributed by atoms with Crippen molar-refractivity contribution in [2.24, 2.45) is 0 Å². The number of nitrogens with zero attached hydrogens (tertiary/aromatic N) is 1. The molecule has 6 heteroatoms. The van der Waals surface area contributed by atoms with Gasteiger partial charge in [0, 0.05) is 19.5 Å². The molecule has 0 aliphatic heterocycles. The second-order valence-electron chi connectivity index (χ2n) is 7.70. The van der Waals surface area contributed by atoms with Gasteiger partial charge in [0.1, 0.15) is 17.6 Å². The van der Waals surface area contributed by atoms with E-state index >= 15 is 0 Å². The first-order valence-corrected chi connectivity index (χ1v) is 11.0. The third kappa shape index (κ3) is 6.65. The Morgan fingerprint density at radius 3 is 2.18 bits per heavy atom. The van der Waals surface area contributed by atoms with Crippen LogP contribution in [0.3, 0.4) is 0 Å². The van der Waals surface area contributed by atoms with Gasteiger partial charge >= 0.3 is 0 Å². The first-order chi connectivity index (χ1) is 16.0. The SMILES string of the molecule is CCC(=O)N(Cc1ccc(F)cc1)C(C(=O)NCCc1ccc(OC)cc1)c1ccccc1. The summed E-state index contributed by atoms with van der Waals surface area (Å²) >= 11 is 0. The monoisotopic (exact) mass is 448 g/mol. The quantitative estimate of drug-likeness (QED) is 0.490. The molecule has 0 aromatic heterocycles. The van der Waals surface area contributed by atoms with Crippen molar-refractivity contribution in [2.45, 2.75) is 32.4 Å². The van der Waals surface area contributed by atoms with Crippen molar-refractivity contribution in [3.63, 3.8) is 0 Å². The van der Waals surface area contributed by atoms with Crippen LogP contribution in [-0.4, -0.2) is 30.4 Å². The Bertz CT molecular complexity index is 1040. The van der Waals surface area contributed by atoms with E-state index in [0.29, 0.717) is 13.0 Å². The summed E-state index contributed by atoms with van der Waals surface area (Å²) in [6.07, 6.45) is 0.903. The molecule has 0 heterocycles. The molecule has 5 nitrogen and oxygen atoms in total. The number of carbonyl (C=O) groups excluding carboxylic acids is 2. The highest BCUT2D eigenvalue weighted by Crippen LogP contribution is 2.25. The summed E-state index contributed by atoms with van der Waals surface area (Å²) < 4.78 is 18.5. The molecule has 2 amide bonds. The van der Waals surface area contributed by atoms with Crippen molar-refractivity contribution < 1.29 is 18.7 Å².